The number of carboxylic acid groups (broad SMARTS) is 1. The van der Waals surface area contributed by atoms with Gasteiger partial charge in [0.2, 0.25) is 5.91 Å². The summed E-state index contributed by atoms with van der Waals surface area (Å²) in [6.07, 6.45) is 1.71. The Morgan fingerprint density at radius 3 is 2.85 bits per heavy atom. The topological polar surface area (TPSA) is 89.0 Å². The largest absolute Gasteiger partial charge is 0.465 e. The summed E-state index contributed by atoms with van der Waals surface area (Å²) in [6, 6.07) is 10.1. The first-order valence-electron chi connectivity index (χ1n) is 11.4. The summed E-state index contributed by atoms with van der Waals surface area (Å²) in [5.74, 6) is 1.21. The van der Waals surface area contributed by atoms with E-state index in [1.165, 1.54) is 4.90 Å². The molecule has 1 atom stereocenters. The number of fused-ring (bicyclic) bond motifs is 1. The minimum absolute atomic E-state index is 0.0722. The van der Waals surface area contributed by atoms with Crippen LogP contribution in [0.25, 0.3) is 0 Å². The lowest BCUT2D eigenvalue weighted by Gasteiger charge is -2.42. The number of carbonyl (C=O) groups is 2. The van der Waals surface area contributed by atoms with Gasteiger partial charge in [0.25, 0.3) is 0 Å². The standard InChI is InChI=1S/C24H28ClN5O3/c1-2-24(15-27-22-21(24)19(25)6-7-26-22)17-4-3-5-18(10-17)30-9-8-28(14-20(30)31)11-16-12-29(13-16)23(32)33/h3-7,10,16H,2,8-9,11-15H2,1H3,(H,26,27)(H,32,33). The Kier molecular flexibility index (Phi) is 5.66. The van der Waals surface area contributed by atoms with Crippen LogP contribution in [0.5, 0.6) is 0 Å². The van der Waals surface area contributed by atoms with Crippen molar-refractivity contribution in [1.29, 1.82) is 0 Å². The van der Waals surface area contributed by atoms with Crippen molar-refractivity contribution in [1.82, 2.24) is 14.8 Å². The second kappa shape index (κ2) is 8.50. The molecular weight excluding hydrogens is 442 g/mol. The number of pyridine rings is 1. The van der Waals surface area contributed by atoms with E-state index in [1.807, 2.05) is 23.1 Å². The minimum Gasteiger partial charge on any atom is -0.465 e. The SMILES string of the molecule is CCC1(c2cccc(N3CCN(CC4CN(C(=O)O)C4)CC3=O)c2)CNc2nccc(Cl)c21. The van der Waals surface area contributed by atoms with Gasteiger partial charge in [-0.05, 0) is 30.2 Å². The molecule has 1 unspecified atom stereocenters. The lowest BCUT2D eigenvalue weighted by atomic mass is 9.74. The van der Waals surface area contributed by atoms with Crippen LogP contribution >= 0.6 is 11.6 Å². The monoisotopic (exact) mass is 469 g/mol. The maximum atomic E-state index is 13.0. The van der Waals surface area contributed by atoms with Gasteiger partial charge in [-0.25, -0.2) is 9.78 Å². The van der Waals surface area contributed by atoms with Gasteiger partial charge in [0.1, 0.15) is 5.82 Å². The van der Waals surface area contributed by atoms with E-state index in [2.05, 4.69) is 34.3 Å². The number of nitrogens with zero attached hydrogens (tertiary/aromatic N) is 4. The smallest absolute Gasteiger partial charge is 0.407 e. The zero-order valence-corrected chi connectivity index (χ0v) is 19.4. The Bertz CT molecular complexity index is 1090. The number of likely N-dealkylation sites (tertiary alicyclic amines) is 1. The van der Waals surface area contributed by atoms with Crippen molar-refractivity contribution in [2.75, 3.05) is 56.0 Å². The molecule has 174 valence electrons. The average Bonchev–Trinajstić information content (AvgIpc) is 3.17. The molecule has 2 saturated heterocycles. The molecule has 9 heteroatoms. The minimum atomic E-state index is -0.867. The third-order valence-corrected chi connectivity index (χ3v) is 7.61. The number of hydrogen-bond donors (Lipinski definition) is 2. The van der Waals surface area contributed by atoms with E-state index < -0.39 is 6.09 Å². The van der Waals surface area contributed by atoms with Gasteiger partial charge in [-0.1, -0.05) is 30.7 Å². The number of rotatable bonds is 5. The zero-order chi connectivity index (χ0) is 23.2. The van der Waals surface area contributed by atoms with Crippen LogP contribution in [0.3, 0.4) is 0 Å². The molecule has 2 N–H and O–H groups in total. The number of nitrogens with one attached hydrogen (secondary N) is 1. The van der Waals surface area contributed by atoms with E-state index in [9.17, 15) is 9.59 Å². The third-order valence-electron chi connectivity index (χ3n) is 7.29. The number of amides is 2. The van der Waals surface area contributed by atoms with Crippen molar-refractivity contribution in [2.24, 2.45) is 5.92 Å². The van der Waals surface area contributed by atoms with Crippen molar-refractivity contribution in [2.45, 2.75) is 18.8 Å². The van der Waals surface area contributed by atoms with Crippen molar-refractivity contribution >= 4 is 35.1 Å². The molecule has 0 bridgehead atoms. The predicted molar refractivity (Wildman–Crippen MR) is 127 cm³/mol. The van der Waals surface area contributed by atoms with E-state index in [1.54, 1.807) is 6.20 Å². The van der Waals surface area contributed by atoms with Gasteiger partial charge in [-0.2, -0.15) is 0 Å². The summed E-state index contributed by atoms with van der Waals surface area (Å²) in [7, 11) is 0. The molecule has 0 aliphatic carbocycles. The Balaban J connectivity index is 1.32. The molecular formula is C24H28ClN5O3. The molecule has 0 saturated carbocycles. The Labute approximate surface area is 198 Å². The molecule has 0 radical (unpaired) electrons. The van der Waals surface area contributed by atoms with Crippen molar-refractivity contribution in [3.8, 4) is 0 Å². The average molecular weight is 470 g/mol. The summed E-state index contributed by atoms with van der Waals surface area (Å²) in [6.45, 7) is 6.49. The highest BCUT2D eigenvalue weighted by Gasteiger charge is 2.42. The maximum absolute atomic E-state index is 13.0. The molecule has 1 aromatic carbocycles. The molecule has 8 nitrogen and oxygen atoms in total. The third kappa shape index (κ3) is 3.81. The van der Waals surface area contributed by atoms with Crippen LogP contribution in [-0.4, -0.2) is 77.7 Å². The summed E-state index contributed by atoms with van der Waals surface area (Å²) in [4.78, 5) is 33.9. The fourth-order valence-corrected chi connectivity index (χ4v) is 5.76. The molecule has 4 heterocycles. The Morgan fingerprint density at radius 1 is 1.30 bits per heavy atom. The highest BCUT2D eigenvalue weighted by atomic mass is 35.5. The number of halogens is 1. The van der Waals surface area contributed by atoms with Crippen LogP contribution in [0.2, 0.25) is 5.02 Å². The maximum Gasteiger partial charge on any atom is 0.407 e. The highest BCUT2D eigenvalue weighted by Crippen LogP contribution is 2.47. The quantitative estimate of drug-likeness (QED) is 0.699. The predicted octanol–water partition coefficient (Wildman–Crippen LogP) is 3.12. The van der Waals surface area contributed by atoms with Gasteiger partial charge in [0, 0.05) is 73.1 Å². The van der Waals surface area contributed by atoms with Gasteiger partial charge in [-0.15, -0.1) is 0 Å². The first-order chi connectivity index (χ1) is 15.9. The summed E-state index contributed by atoms with van der Waals surface area (Å²) < 4.78 is 0. The molecule has 2 fully saturated rings. The van der Waals surface area contributed by atoms with E-state index in [-0.39, 0.29) is 11.3 Å². The lowest BCUT2D eigenvalue weighted by Crippen LogP contribution is -2.57. The molecule has 2 amide bonds. The molecule has 5 rings (SSSR count). The second-order valence-electron chi connectivity index (χ2n) is 9.19. The number of piperazine rings is 1. The number of hydrogen-bond acceptors (Lipinski definition) is 5. The molecule has 1 aromatic heterocycles. The van der Waals surface area contributed by atoms with Gasteiger partial charge < -0.3 is 20.2 Å². The van der Waals surface area contributed by atoms with Crippen molar-refractivity contribution < 1.29 is 14.7 Å². The number of carbonyl (C=O) groups excluding carboxylic acids is 1. The molecule has 2 aromatic rings. The van der Waals surface area contributed by atoms with Crippen LogP contribution in [-0.2, 0) is 10.2 Å². The number of aromatic nitrogens is 1. The first-order valence-corrected chi connectivity index (χ1v) is 11.8. The van der Waals surface area contributed by atoms with E-state index in [4.69, 9.17) is 16.7 Å². The normalized spacial score (nSPS) is 23.3. The Morgan fingerprint density at radius 2 is 2.12 bits per heavy atom. The fourth-order valence-electron chi connectivity index (χ4n) is 5.43. The van der Waals surface area contributed by atoms with Crippen LogP contribution in [0.1, 0.15) is 24.5 Å². The summed E-state index contributed by atoms with van der Waals surface area (Å²) >= 11 is 6.61. The molecule has 3 aliphatic rings. The molecule has 3 aliphatic heterocycles. The summed E-state index contributed by atoms with van der Waals surface area (Å²) in [5.41, 5.74) is 2.77. The van der Waals surface area contributed by atoms with Gasteiger partial charge in [-0.3, -0.25) is 9.69 Å². The first kappa shape index (κ1) is 22.0. The highest BCUT2D eigenvalue weighted by molar-refractivity contribution is 6.32. The zero-order valence-electron chi connectivity index (χ0n) is 18.6. The number of anilines is 2. The second-order valence-corrected chi connectivity index (χ2v) is 9.60. The van der Waals surface area contributed by atoms with Gasteiger partial charge in [0.05, 0.1) is 6.54 Å². The lowest BCUT2D eigenvalue weighted by molar-refractivity contribution is -0.121. The van der Waals surface area contributed by atoms with Crippen LogP contribution < -0.4 is 10.2 Å². The van der Waals surface area contributed by atoms with Crippen molar-refractivity contribution in [3.63, 3.8) is 0 Å². The van der Waals surface area contributed by atoms with Gasteiger partial charge in [0.15, 0.2) is 0 Å². The molecule has 33 heavy (non-hydrogen) atoms. The fraction of sp³-hybridized carbons (Fsp3) is 0.458. The van der Waals surface area contributed by atoms with E-state index >= 15 is 0 Å². The summed E-state index contributed by atoms with van der Waals surface area (Å²) in [5, 5.41) is 13.1. The van der Waals surface area contributed by atoms with E-state index in [0.29, 0.717) is 37.1 Å². The van der Waals surface area contributed by atoms with Crippen LogP contribution in [0, 0.1) is 5.92 Å². The molecule has 0 spiro atoms. The van der Waals surface area contributed by atoms with Gasteiger partial charge >= 0.3 is 6.09 Å². The van der Waals surface area contributed by atoms with E-state index in [0.717, 1.165) is 48.7 Å². The van der Waals surface area contributed by atoms with Crippen LogP contribution in [0.4, 0.5) is 16.3 Å². The Hall–Kier alpha value is -2.84. The van der Waals surface area contributed by atoms with Crippen molar-refractivity contribution in [3.05, 3.63) is 52.7 Å². The number of benzene rings is 1. The van der Waals surface area contributed by atoms with Crippen LogP contribution in [0.15, 0.2) is 36.5 Å².